The summed E-state index contributed by atoms with van der Waals surface area (Å²) < 4.78 is 0. The SMILES string of the molecule is CC1=C(C)CC(C(C)ON=CC(=O)O)=C(CCl)C1. The Morgan fingerprint density at radius 1 is 1.50 bits per heavy atom. The topological polar surface area (TPSA) is 58.9 Å². The van der Waals surface area contributed by atoms with Gasteiger partial charge in [-0.1, -0.05) is 16.3 Å². The lowest BCUT2D eigenvalue weighted by Crippen LogP contribution is -2.16. The number of hydrogen-bond donors (Lipinski definition) is 1. The van der Waals surface area contributed by atoms with Crippen LogP contribution in [0.5, 0.6) is 0 Å². The normalized spacial score (nSPS) is 18.4. The fourth-order valence-corrected chi connectivity index (χ4v) is 2.21. The van der Waals surface area contributed by atoms with Gasteiger partial charge in [0.2, 0.25) is 0 Å². The molecule has 0 saturated heterocycles. The molecule has 5 heteroatoms. The zero-order valence-electron chi connectivity index (χ0n) is 10.9. The van der Waals surface area contributed by atoms with Gasteiger partial charge in [-0.05, 0) is 44.8 Å². The van der Waals surface area contributed by atoms with Crippen molar-refractivity contribution >= 4 is 23.8 Å². The van der Waals surface area contributed by atoms with Crippen LogP contribution in [-0.4, -0.2) is 29.3 Å². The third kappa shape index (κ3) is 3.88. The second-order valence-corrected chi connectivity index (χ2v) is 4.76. The van der Waals surface area contributed by atoms with Crippen LogP contribution in [-0.2, 0) is 9.63 Å². The van der Waals surface area contributed by atoms with Crippen molar-refractivity contribution in [3.8, 4) is 0 Å². The largest absolute Gasteiger partial charge is 0.477 e. The minimum atomic E-state index is -1.12. The molecule has 0 amide bonds. The molecule has 1 atom stereocenters. The second kappa shape index (κ2) is 6.59. The van der Waals surface area contributed by atoms with Crippen molar-refractivity contribution in [2.24, 2.45) is 5.16 Å². The van der Waals surface area contributed by atoms with E-state index in [1.807, 2.05) is 6.92 Å². The highest BCUT2D eigenvalue weighted by Gasteiger charge is 2.21. The third-order valence-corrected chi connectivity index (χ3v) is 3.47. The molecule has 0 bridgehead atoms. The van der Waals surface area contributed by atoms with Gasteiger partial charge in [0.15, 0.2) is 6.21 Å². The Bertz CT molecular complexity index is 424. The zero-order valence-corrected chi connectivity index (χ0v) is 11.6. The van der Waals surface area contributed by atoms with Crippen molar-refractivity contribution in [1.82, 2.24) is 0 Å². The first-order chi connectivity index (χ1) is 8.45. The molecule has 1 N–H and O–H groups in total. The van der Waals surface area contributed by atoms with Crippen LogP contribution in [0.1, 0.15) is 33.6 Å². The van der Waals surface area contributed by atoms with Crippen LogP contribution in [0, 0.1) is 0 Å². The maximum atomic E-state index is 10.3. The predicted octanol–water partition coefficient (Wildman–Crippen LogP) is 3.13. The lowest BCUT2D eigenvalue weighted by Gasteiger charge is -2.24. The fraction of sp³-hybridized carbons (Fsp3) is 0.538. The zero-order chi connectivity index (χ0) is 13.7. The summed E-state index contributed by atoms with van der Waals surface area (Å²) in [7, 11) is 0. The van der Waals surface area contributed by atoms with Crippen LogP contribution in [0.15, 0.2) is 27.4 Å². The van der Waals surface area contributed by atoms with Gasteiger partial charge in [0.1, 0.15) is 6.10 Å². The quantitative estimate of drug-likeness (QED) is 0.362. The van der Waals surface area contributed by atoms with E-state index in [0.29, 0.717) is 5.88 Å². The van der Waals surface area contributed by atoms with E-state index in [1.54, 1.807) is 0 Å². The summed E-state index contributed by atoms with van der Waals surface area (Å²) in [5.74, 6) is -0.652. The highest BCUT2D eigenvalue weighted by atomic mass is 35.5. The number of hydrogen-bond acceptors (Lipinski definition) is 3. The minimum Gasteiger partial charge on any atom is -0.477 e. The molecule has 0 radical (unpaired) electrons. The first-order valence-electron chi connectivity index (χ1n) is 5.79. The van der Waals surface area contributed by atoms with Gasteiger partial charge in [-0.25, -0.2) is 4.79 Å². The van der Waals surface area contributed by atoms with Crippen molar-refractivity contribution in [2.75, 3.05) is 5.88 Å². The van der Waals surface area contributed by atoms with Gasteiger partial charge < -0.3 is 9.94 Å². The van der Waals surface area contributed by atoms with E-state index in [9.17, 15) is 4.79 Å². The summed E-state index contributed by atoms with van der Waals surface area (Å²) in [5.41, 5.74) is 4.92. The fourth-order valence-electron chi connectivity index (χ4n) is 1.94. The van der Waals surface area contributed by atoms with E-state index in [0.717, 1.165) is 30.2 Å². The molecule has 1 rings (SSSR count). The summed E-state index contributed by atoms with van der Waals surface area (Å²) in [6.07, 6.45) is 2.17. The number of oxime groups is 1. The van der Waals surface area contributed by atoms with Gasteiger partial charge in [0, 0.05) is 5.88 Å². The molecule has 0 aromatic heterocycles. The number of allylic oxidation sites excluding steroid dienone is 3. The Kier molecular flexibility index (Phi) is 5.41. The Morgan fingerprint density at radius 3 is 2.67 bits per heavy atom. The van der Waals surface area contributed by atoms with Gasteiger partial charge in [0.05, 0.1) is 0 Å². The molecule has 0 aliphatic heterocycles. The number of aliphatic carboxylic acids is 1. The molecule has 0 aromatic carbocycles. The van der Waals surface area contributed by atoms with E-state index in [4.69, 9.17) is 21.5 Å². The first kappa shape index (κ1) is 14.8. The van der Waals surface area contributed by atoms with E-state index >= 15 is 0 Å². The Morgan fingerprint density at radius 2 is 2.11 bits per heavy atom. The Balaban J connectivity index is 2.76. The molecule has 4 nitrogen and oxygen atoms in total. The van der Waals surface area contributed by atoms with Gasteiger partial charge >= 0.3 is 5.97 Å². The number of nitrogens with zero attached hydrogens (tertiary/aromatic N) is 1. The number of carbonyl (C=O) groups is 1. The third-order valence-electron chi connectivity index (χ3n) is 3.15. The average Bonchev–Trinajstić information content (AvgIpc) is 2.31. The molecule has 0 aromatic rings. The molecule has 0 spiro atoms. The van der Waals surface area contributed by atoms with Crippen molar-refractivity contribution < 1.29 is 14.7 Å². The van der Waals surface area contributed by atoms with Crippen molar-refractivity contribution in [3.05, 3.63) is 22.3 Å². The molecular formula is C13H18ClNO3. The summed E-state index contributed by atoms with van der Waals surface area (Å²) >= 11 is 5.95. The molecule has 18 heavy (non-hydrogen) atoms. The number of halogens is 1. The molecule has 0 saturated carbocycles. The van der Waals surface area contributed by atoms with Crippen LogP contribution < -0.4 is 0 Å². The van der Waals surface area contributed by atoms with Gasteiger partial charge in [-0.15, -0.1) is 11.6 Å². The van der Waals surface area contributed by atoms with Crippen LogP contribution in [0.2, 0.25) is 0 Å². The van der Waals surface area contributed by atoms with Gasteiger partial charge in [-0.3, -0.25) is 0 Å². The standard InChI is InChI=1S/C13H18ClNO3/c1-8-4-11(6-14)12(5-9(8)2)10(3)18-15-7-13(16)17/h7,10H,4-6H2,1-3H3,(H,16,17). The summed E-state index contributed by atoms with van der Waals surface area (Å²) in [6, 6.07) is 0. The first-order valence-corrected chi connectivity index (χ1v) is 6.33. The summed E-state index contributed by atoms with van der Waals surface area (Å²) in [4.78, 5) is 15.5. The van der Waals surface area contributed by atoms with Gasteiger partial charge in [-0.2, -0.15) is 0 Å². The molecular weight excluding hydrogens is 254 g/mol. The van der Waals surface area contributed by atoms with Crippen molar-refractivity contribution in [3.63, 3.8) is 0 Å². The van der Waals surface area contributed by atoms with Gasteiger partial charge in [0.25, 0.3) is 0 Å². The number of alkyl halides is 1. The lowest BCUT2D eigenvalue weighted by atomic mass is 9.86. The van der Waals surface area contributed by atoms with E-state index < -0.39 is 5.97 Å². The smallest absolute Gasteiger partial charge is 0.350 e. The molecule has 0 fully saturated rings. The van der Waals surface area contributed by atoms with Crippen LogP contribution in [0.4, 0.5) is 0 Å². The molecule has 100 valence electrons. The maximum Gasteiger partial charge on any atom is 0.350 e. The number of carboxylic acid groups (broad SMARTS) is 1. The molecule has 1 unspecified atom stereocenters. The van der Waals surface area contributed by atoms with E-state index in [2.05, 4.69) is 19.0 Å². The van der Waals surface area contributed by atoms with Crippen LogP contribution in [0.3, 0.4) is 0 Å². The van der Waals surface area contributed by atoms with E-state index in [1.165, 1.54) is 11.1 Å². The predicted molar refractivity (Wildman–Crippen MR) is 72.0 cm³/mol. The van der Waals surface area contributed by atoms with Crippen molar-refractivity contribution in [1.29, 1.82) is 0 Å². The number of carboxylic acids is 1. The number of rotatable bonds is 5. The van der Waals surface area contributed by atoms with Crippen molar-refractivity contribution in [2.45, 2.75) is 39.7 Å². The molecule has 0 heterocycles. The van der Waals surface area contributed by atoms with Crippen LogP contribution >= 0.6 is 11.6 Å². The monoisotopic (exact) mass is 271 g/mol. The maximum absolute atomic E-state index is 10.3. The lowest BCUT2D eigenvalue weighted by molar-refractivity contribution is -0.129. The van der Waals surface area contributed by atoms with E-state index in [-0.39, 0.29) is 6.10 Å². The average molecular weight is 272 g/mol. The van der Waals surface area contributed by atoms with Crippen LogP contribution in [0.25, 0.3) is 0 Å². The minimum absolute atomic E-state index is 0.252. The second-order valence-electron chi connectivity index (χ2n) is 4.50. The molecule has 1 aliphatic carbocycles. The Labute approximate surface area is 112 Å². The summed E-state index contributed by atoms with van der Waals surface area (Å²) in [5, 5.41) is 11.9. The molecule has 1 aliphatic rings. The highest BCUT2D eigenvalue weighted by molar-refractivity contribution is 6.21. The Hall–Kier alpha value is -1.29. The highest BCUT2D eigenvalue weighted by Crippen LogP contribution is 2.32. The summed E-state index contributed by atoms with van der Waals surface area (Å²) in [6.45, 7) is 6.05.